The number of nitrogens with zero attached hydrogens (tertiary/aromatic N) is 1. The van der Waals surface area contributed by atoms with Gasteiger partial charge in [0.25, 0.3) is 0 Å². The van der Waals surface area contributed by atoms with Crippen molar-refractivity contribution >= 4 is 11.6 Å². The standard InChI is InChI=1S/C11H10ClNO/c12-10-3-1-9(2-4-10)11-5-8(6-13)7-14-11/h1-4,8,11H,5,7H2/t8-,11-/m0/s1. The molecule has 1 saturated heterocycles. The van der Waals surface area contributed by atoms with Gasteiger partial charge >= 0.3 is 0 Å². The molecule has 1 aliphatic heterocycles. The second-order valence-electron chi connectivity index (χ2n) is 3.44. The summed E-state index contributed by atoms with van der Waals surface area (Å²) in [4.78, 5) is 0. The lowest BCUT2D eigenvalue weighted by molar-refractivity contribution is 0.109. The summed E-state index contributed by atoms with van der Waals surface area (Å²) < 4.78 is 5.52. The van der Waals surface area contributed by atoms with Crippen molar-refractivity contribution in [3.8, 4) is 6.07 Å². The van der Waals surface area contributed by atoms with Crippen molar-refractivity contribution < 1.29 is 4.74 Å². The van der Waals surface area contributed by atoms with Crippen molar-refractivity contribution in [2.45, 2.75) is 12.5 Å². The van der Waals surface area contributed by atoms with E-state index in [1.807, 2.05) is 24.3 Å². The molecule has 1 aromatic carbocycles. The minimum Gasteiger partial charge on any atom is -0.372 e. The Morgan fingerprint density at radius 3 is 2.64 bits per heavy atom. The quantitative estimate of drug-likeness (QED) is 0.710. The van der Waals surface area contributed by atoms with Crippen molar-refractivity contribution in [3.05, 3.63) is 34.9 Å². The summed E-state index contributed by atoms with van der Waals surface area (Å²) in [6.07, 6.45) is 0.856. The van der Waals surface area contributed by atoms with Crippen molar-refractivity contribution in [2.24, 2.45) is 5.92 Å². The minimum atomic E-state index is 0.0377. The lowest BCUT2D eigenvalue weighted by Gasteiger charge is -2.08. The fourth-order valence-electron chi connectivity index (χ4n) is 1.63. The van der Waals surface area contributed by atoms with E-state index in [0.29, 0.717) is 6.61 Å². The maximum absolute atomic E-state index is 8.72. The summed E-state index contributed by atoms with van der Waals surface area (Å²) in [6.45, 7) is 0.545. The minimum absolute atomic E-state index is 0.0377. The lowest BCUT2D eigenvalue weighted by Crippen LogP contribution is -1.94. The zero-order chi connectivity index (χ0) is 9.97. The Bertz CT molecular complexity index is 355. The normalized spacial score (nSPS) is 26.0. The van der Waals surface area contributed by atoms with Gasteiger partial charge in [-0.25, -0.2) is 0 Å². The zero-order valence-electron chi connectivity index (χ0n) is 7.61. The Morgan fingerprint density at radius 2 is 2.07 bits per heavy atom. The molecule has 0 N–H and O–H groups in total. The van der Waals surface area contributed by atoms with Crippen LogP contribution >= 0.6 is 11.6 Å². The Kier molecular flexibility index (Phi) is 2.72. The predicted octanol–water partition coefficient (Wildman–Crippen LogP) is 2.94. The number of hydrogen-bond acceptors (Lipinski definition) is 2. The average molecular weight is 208 g/mol. The SMILES string of the molecule is N#C[C@H]1CO[C@H](c2ccc(Cl)cc2)C1. The van der Waals surface area contributed by atoms with Crippen LogP contribution in [0.5, 0.6) is 0 Å². The number of ether oxygens (including phenoxy) is 1. The first kappa shape index (κ1) is 9.51. The van der Waals surface area contributed by atoms with Crippen LogP contribution in [-0.4, -0.2) is 6.61 Å². The van der Waals surface area contributed by atoms with E-state index in [9.17, 15) is 0 Å². The molecule has 2 nitrogen and oxygen atoms in total. The van der Waals surface area contributed by atoms with Gasteiger partial charge in [-0.1, -0.05) is 23.7 Å². The first-order valence-corrected chi connectivity index (χ1v) is 4.94. The van der Waals surface area contributed by atoms with Crippen LogP contribution in [0.25, 0.3) is 0 Å². The first-order chi connectivity index (χ1) is 6.79. The summed E-state index contributed by atoms with van der Waals surface area (Å²) in [7, 11) is 0. The van der Waals surface area contributed by atoms with Gasteiger partial charge in [-0.3, -0.25) is 0 Å². The van der Waals surface area contributed by atoms with Gasteiger partial charge in [-0.05, 0) is 24.1 Å². The lowest BCUT2D eigenvalue weighted by atomic mass is 10.0. The Balaban J connectivity index is 2.10. The Labute approximate surface area is 88.1 Å². The summed E-state index contributed by atoms with van der Waals surface area (Å²) in [5.74, 6) is 0.0377. The highest BCUT2D eigenvalue weighted by atomic mass is 35.5. The summed E-state index contributed by atoms with van der Waals surface area (Å²) in [5, 5.41) is 9.45. The molecule has 3 heteroatoms. The van der Waals surface area contributed by atoms with E-state index in [0.717, 1.165) is 17.0 Å². The third-order valence-electron chi connectivity index (χ3n) is 2.42. The van der Waals surface area contributed by atoms with Crippen molar-refractivity contribution in [3.63, 3.8) is 0 Å². The first-order valence-electron chi connectivity index (χ1n) is 4.56. The Morgan fingerprint density at radius 1 is 1.36 bits per heavy atom. The number of benzene rings is 1. The fraction of sp³-hybridized carbons (Fsp3) is 0.364. The molecule has 1 aliphatic rings. The van der Waals surface area contributed by atoms with Crippen LogP contribution < -0.4 is 0 Å². The number of rotatable bonds is 1. The second-order valence-corrected chi connectivity index (χ2v) is 3.87. The van der Waals surface area contributed by atoms with Gasteiger partial charge in [0.2, 0.25) is 0 Å². The third-order valence-corrected chi connectivity index (χ3v) is 2.67. The molecule has 0 bridgehead atoms. The van der Waals surface area contributed by atoms with E-state index < -0.39 is 0 Å². The number of nitriles is 1. The van der Waals surface area contributed by atoms with Crippen molar-refractivity contribution in [1.82, 2.24) is 0 Å². The number of halogens is 1. The van der Waals surface area contributed by atoms with Crippen LogP contribution in [0.1, 0.15) is 18.1 Å². The molecule has 0 saturated carbocycles. The van der Waals surface area contributed by atoms with Crippen LogP contribution in [0.3, 0.4) is 0 Å². The van der Waals surface area contributed by atoms with Crippen LogP contribution in [0.2, 0.25) is 5.02 Å². The molecule has 2 rings (SSSR count). The van der Waals surface area contributed by atoms with E-state index >= 15 is 0 Å². The smallest absolute Gasteiger partial charge is 0.0839 e. The molecule has 0 radical (unpaired) electrons. The molecular formula is C11H10ClNO. The molecule has 1 heterocycles. The van der Waals surface area contributed by atoms with Gasteiger partial charge in [0.05, 0.1) is 24.7 Å². The van der Waals surface area contributed by atoms with Crippen LogP contribution in [-0.2, 0) is 4.74 Å². The van der Waals surface area contributed by atoms with E-state index in [1.165, 1.54) is 0 Å². The average Bonchev–Trinajstić information content (AvgIpc) is 2.67. The van der Waals surface area contributed by atoms with Crippen LogP contribution in [0.15, 0.2) is 24.3 Å². The number of hydrogen-bond donors (Lipinski definition) is 0. The fourth-order valence-corrected chi connectivity index (χ4v) is 1.75. The monoisotopic (exact) mass is 207 g/mol. The zero-order valence-corrected chi connectivity index (χ0v) is 8.37. The second kappa shape index (κ2) is 4.00. The highest BCUT2D eigenvalue weighted by molar-refractivity contribution is 6.30. The van der Waals surface area contributed by atoms with Crippen LogP contribution in [0.4, 0.5) is 0 Å². The van der Waals surface area contributed by atoms with E-state index in [2.05, 4.69) is 6.07 Å². The molecule has 0 unspecified atom stereocenters. The molecule has 2 atom stereocenters. The molecule has 0 spiro atoms. The summed E-state index contributed by atoms with van der Waals surface area (Å²) in [5.41, 5.74) is 1.10. The van der Waals surface area contributed by atoms with Crippen molar-refractivity contribution in [2.75, 3.05) is 6.61 Å². The molecule has 1 aromatic rings. The van der Waals surface area contributed by atoms with Gasteiger partial charge in [0, 0.05) is 5.02 Å². The molecule has 0 amide bonds. The van der Waals surface area contributed by atoms with Gasteiger partial charge in [-0.15, -0.1) is 0 Å². The third kappa shape index (κ3) is 1.89. The van der Waals surface area contributed by atoms with E-state index in [-0.39, 0.29) is 12.0 Å². The molecule has 0 aliphatic carbocycles. The largest absolute Gasteiger partial charge is 0.372 e. The highest BCUT2D eigenvalue weighted by Gasteiger charge is 2.26. The molecular weight excluding hydrogens is 198 g/mol. The van der Waals surface area contributed by atoms with Gasteiger partial charge in [0.1, 0.15) is 0 Å². The maximum Gasteiger partial charge on any atom is 0.0839 e. The maximum atomic E-state index is 8.72. The van der Waals surface area contributed by atoms with E-state index in [1.54, 1.807) is 0 Å². The van der Waals surface area contributed by atoms with Crippen LogP contribution in [0, 0.1) is 17.2 Å². The summed E-state index contributed by atoms with van der Waals surface area (Å²) >= 11 is 5.78. The highest BCUT2D eigenvalue weighted by Crippen LogP contribution is 2.32. The van der Waals surface area contributed by atoms with Crippen molar-refractivity contribution in [1.29, 1.82) is 5.26 Å². The predicted molar refractivity (Wildman–Crippen MR) is 53.9 cm³/mol. The summed E-state index contributed by atoms with van der Waals surface area (Å²) in [6, 6.07) is 9.82. The molecule has 72 valence electrons. The van der Waals surface area contributed by atoms with E-state index in [4.69, 9.17) is 21.6 Å². The molecule has 14 heavy (non-hydrogen) atoms. The molecule has 1 fully saturated rings. The van der Waals surface area contributed by atoms with Gasteiger partial charge in [-0.2, -0.15) is 5.26 Å². The van der Waals surface area contributed by atoms with Gasteiger partial charge < -0.3 is 4.74 Å². The topological polar surface area (TPSA) is 33.0 Å². The Hall–Kier alpha value is -1.04. The molecule has 0 aromatic heterocycles. The van der Waals surface area contributed by atoms with Gasteiger partial charge in [0.15, 0.2) is 0 Å².